The van der Waals surface area contributed by atoms with Gasteiger partial charge in [-0.2, -0.15) is 0 Å². The molecule has 0 aromatic heterocycles. The third kappa shape index (κ3) is 4.37. The smallest absolute Gasteiger partial charge is 0.256 e. The molecule has 1 N–H and O–H groups in total. The van der Waals surface area contributed by atoms with Crippen molar-refractivity contribution in [2.45, 2.75) is 6.92 Å². The Morgan fingerprint density at radius 2 is 1.64 bits per heavy atom. The highest BCUT2D eigenvalue weighted by Crippen LogP contribution is 2.19. The fourth-order valence-electron chi connectivity index (χ4n) is 3.10. The predicted molar refractivity (Wildman–Crippen MR) is 102 cm³/mol. The molecule has 2 aromatic rings. The molecule has 1 saturated heterocycles. The number of nitrogens with one attached hydrogen (secondary N) is 1. The average Bonchev–Trinajstić information content (AvgIpc) is 2.68. The summed E-state index contributed by atoms with van der Waals surface area (Å²) in [5.74, 6) is -1.15. The third-order valence-corrected chi connectivity index (χ3v) is 5.01. The predicted octanol–water partition coefficient (Wildman–Crippen LogP) is 1.94. The summed E-state index contributed by atoms with van der Waals surface area (Å²) in [5, 5.41) is 0. The Balaban J connectivity index is 1.64. The first-order valence-corrected chi connectivity index (χ1v) is 9.74. The monoisotopic (exact) mass is 404 g/mol. The minimum absolute atomic E-state index is 0.0248. The van der Waals surface area contributed by atoms with Gasteiger partial charge in [0, 0.05) is 48.7 Å². The van der Waals surface area contributed by atoms with Gasteiger partial charge in [0.05, 0.1) is 5.56 Å². The van der Waals surface area contributed by atoms with Gasteiger partial charge in [0.15, 0.2) is 0 Å². The molecule has 2 aromatic carbocycles. The molecule has 1 heterocycles. The van der Waals surface area contributed by atoms with E-state index in [1.807, 2.05) is 0 Å². The van der Waals surface area contributed by atoms with E-state index in [4.69, 9.17) is 0 Å². The maximum Gasteiger partial charge on any atom is 0.256 e. The van der Waals surface area contributed by atoms with Crippen molar-refractivity contribution in [3.63, 3.8) is 0 Å². The lowest BCUT2D eigenvalue weighted by Gasteiger charge is -2.35. The lowest BCUT2D eigenvalue weighted by molar-refractivity contribution is 0.0533. The molecule has 28 heavy (non-hydrogen) atoms. The van der Waals surface area contributed by atoms with Gasteiger partial charge in [-0.1, -0.05) is 12.1 Å². The van der Waals surface area contributed by atoms with E-state index in [2.05, 4.69) is 4.72 Å². The summed E-state index contributed by atoms with van der Waals surface area (Å²) in [6.45, 7) is 3.00. The lowest BCUT2D eigenvalue weighted by atomic mass is 10.1. The van der Waals surface area contributed by atoms with Crippen molar-refractivity contribution >= 4 is 28.8 Å². The van der Waals surface area contributed by atoms with E-state index in [1.165, 1.54) is 29.2 Å². The molecule has 7 nitrogen and oxygen atoms in total. The van der Waals surface area contributed by atoms with Crippen LogP contribution in [0.1, 0.15) is 26.3 Å². The molecule has 1 aliphatic heterocycles. The number of amides is 2. The zero-order chi connectivity index (χ0) is 20.3. The number of nitrogens with zero attached hydrogens (tertiary/aromatic N) is 2. The van der Waals surface area contributed by atoms with Crippen LogP contribution in [-0.4, -0.2) is 56.6 Å². The highest BCUT2D eigenvalue weighted by Gasteiger charge is 2.26. The topological polar surface area (TPSA) is 92.8 Å². The number of aryl methyl sites for hydroxylation is 1. The van der Waals surface area contributed by atoms with Crippen LogP contribution in [0.15, 0.2) is 42.5 Å². The van der Waals surface area contributed by atoms with Crippen LogP contribution in [0.5, 0.6) is 0 Å². The Morgan fingerprint density at radius 1 is 1.04 bits per heavy atom. The van der Waals surface area contributed by atoms with E-state index in [9.17, 15) is 22.7 Å². The Hall–Kier alpha value is -2.78. The number of carbonyl (C=O) groups is 2. The van der Waals surface area contributed by atoms with Gasteiger partial charge in [-0.15, -0.1) is 0 Å². The molecule has 2 amide bonds. The van der Waals surface area contributed by atoms with E-state index in [1.54, 1.807) is 30.0 Å². The largest absolute Gasteiger partial charge is 0.755 e. The van der Waals surface area contributed by atoms with E-state index in [0.29, 0.717) is 43.0 Å². The number of rotatable bonds is 4. The molecular formula is C19H19FN3O4S-. The minimum Gasteiger partial charge on any atom is -0.755 e. The molecule has 9 heteroatoms. The molecule has 3 rings (SSSR count). The van der Waals surface area contributed by atoms with Crippen molar-refractivity contribution in [2.75, 3.05) is 30.9 Å². The summed E-state index contributed by atoms with van der Waals surface area (Å²) in [5.41, 5.74) is 1.50. The molecular weight excluding hydrogens is 385 g/mol. The standard InChI is InChI=1S/C19H20FN3O4S/c1-13-12-14(6-7-17(13)21-28(26)27)18(24)22-8-10-23(11-9-22)19(25)15-4-2-3-5-16(15)20/h2-7,12,21H,8-11H2,1H3,(H,26,27)/p-1. The van der Waals surface area contributed by atoms with E-state index < -0.39 is 17.1 Å². The summed E-state index contributed by atoms with van der Waals surface area (Å²) < 4.78 is 37.6. The highest BCUT2D eigenvalue weighted by molar-refractivity contribution is 7.80. The van der Waals surface area contributed by atoms with Crippen molar-refractivity contribution in [3.8, 4) is 0 Å². The maximum atomic E-state index is 13.8. The van der Waals surface area contributed by atoms with Gasteiger partial charge in [-0.3, -0.25) is 13.8 Å². The first-order valence-electron chi connectivity index (χ1n) is 8.66. The SMILES string of the molecule is Cc1cc(C(=O)N2CCN(C(=O)c3ccccc3F)CC2)ccc1NS(=O)[O-]. The van der Waals surface area contributed by atoms with E-state index >= 15 is 0 Å². The number of anilines is 1. The van der Waals surface area contributed by atoms with E-state index in [0.717, 1.165) is 0 Å². The van der Waals surface area contributed by atoms with Crippen molar-refractivity contribution in [3.05, 3.63) is 65.0 Å². The van der Waals surface area contributed by atoms with Gasteiger partial charge < -0.3 is 19.1 Å². The minimum atomic E-state index is -2.43. The first kappa shape index (κ1) is 20.0. The molecule has 1 unspecified atom stereocenters. The average molecular weight is 404 g/mol. The van der Waals surface area contributed by atoms with E-state index in [-0.39, 0.29) is 17.4 Å². The van der Waals surface area contributed by atoms with Crippen LogP contribution >= 0.6 is 0 Å². The summed E-state index contributed by atoms with van der Waals surface area (Å²) >= 11 is -2.43. The summed E-state index contributed by atoms with van der Waals surface area (Å²) in [6.07, 6.45) is 0. The van der Waals surface area contributed by atoms with Gasteiger partial charge in [0.2, 0.25) is 0 Å². The Morgan fingerprint density at radius 3 is 2.21 bits per heavy atom. The Labute approximate surface area is 164 Å². The van der Waals surface area contributed by atoms with Crippen LogP contribution in [0.3, 0.4) is 0 Å². The summed E-state index contributed by atoms with van der Waals surface area (Å²) in [7, 11) is 0. The van der Waals surface area contributed by atoms with Gasteiger partial charge in [0.25, 0.3) is 11.8 Å². The molecule has 0 radical (unpaired) electrons. The molecule has 0 bridgehead atoms. The Kier molecular flexibility index (Phi) is 6.05. The fourth-order valence-corrected chi connectivity index (χ4v) is 3.51. The molecule has 1 fully saturated rings. The molecule has 0 aliphatic carbocycles. The van der Waals surface area contributed by atoms with Crippen LogP contribution in [-0.2, 0) is 11.3 Å². The lowest BCUT2D eigenvalue weighted by Crippen LogP contribution is -2.50. The first-order chi connectivity index (χ1) is 13.4. The molecule has 148 valence electrons. The summed E-state index contributed by atoms with van der Waals surface area (Å²) in [6, 6.07) is 10.5. The number of hydrogen-bond acceptors (Lipinski definition) is 4. The Bertz CT molecular complexity index is 929. The van der Waals surface area contributed by atoms with Gasteiger partial charge in [-0.25, -0.2) is 4.39 Å². The number of hydrogen-bond donors (Lipinski definition) is 1. The normalized spacial score (nSPS) is 15.2. The second kappa shape index (κ2) is 8.49. The van der Waals surface area contributed by atoms with Crippen molar-refractivity contribution in [1.29, 1.82) is 0 Å². The summed E-state index contributed by atoms with van der Waals surface area (Å²) in [4.78, 5) is 28.3. The quantitative estimate of drug-likeness (QED) is 0.788. The second-order valence-electron chi connectivity index (χ2n) is 6.43. The van der Waals surface area contributed by atoms with Gasteiger partial charge in [0.1, 0.15) is 5.82 Å². The van der Waals surface area contributed by atoms with Crippen molar-refractivity contribution < 1.29 is 22.7 Å². The molecule has 1 aliphatic rings. The number of carbonyl (C=O) groups excluding carboxylic acids is 2. The van der Waals surface area contributed by atoms with Crippen molar-refractivity contribution in [1.82, 2.24) is 9.80 Å². The van der Waals surface area contributed by atoms with Gasteiger partial charge in [-0.05, 0) is 42.8 Å². The molecule has 0 spiro atoms. The maximum absolute atomic E-state index is 13.8. The zero-order valence-corrected chi connectivity index (χ0v) is 16.0. The molecule has 1 atom stereocenters. The number of halogens is 1. The number of piperazine rings is 1. The second-order valence-corrected chi connectivity index (χ2v) is 7.10. The number of benzene rings is 2. The highest BCUT2D eigenvalue weighted by atomic mass is 32.2. The fraction of sp³-hybridized carbons (Fsp3) is 0.263. The zero-order valence-electron chi connectivity index (χ0n) is 15.2. The van der Waals surface area contributed by atoms with Crippen LogP contribution in [0.25, 0.3) is 0 Å². The molecule has 0 saturated carbocycles. The van der Waals surface area contributed by atoms with Gasteiger partial charge >= 0.3 is 0 Å². The van der Waals surface area contributed by atoms with Crippen LogP contribution in [0.4, 0.5) is 10.1 Å². The third-order valence-electron chi connectivity index (χ3n) is 4.63. The van der Waals surface area contributed by atoms with Crippen molar-refractivity contribution in [2.24, 2.45) is 0 Å². The van der Waals surface area contributed by atoms with Crippen LogP contribution < -0.4 is 4.72 Å². The van der Waals surface area contributed by atoms with Crippen LogP contribution in [0, 0.1) is 12.7 Å². The van der Waals surface area contributed by atoms with Crippen LogP contribution in [0.2, 0.25) is 0 Å².